The Bertz CT molecular complexity index is 1400. The van der Waals surface area contributed by atoms with E-state index in [-0.39, 0.29) is 18.6 Å². The highest BCUT2D eigenvalue weighted by atomic mass is 16.7. The molecule has 0 saturated heterocycles. The molecule has 1 aliphatic heterocycles. The van der Waals surface area contributed by atoms with Crippen LogP contribution in [0.4, 0.5) is 5.69 Å². The lowest BCUT2D eigenvalue weighted by Gasteiger charge is -2.25. The Hall–Kier alpha value is -4.51. The third kappa shape index (κ3) is 4.49. The highest BCUT2D eigenvalue weighted by Gasteiger charge is 2.25. The van der Waals surface area contributed by atoms with Gasteiger partial charge in [0.1, 0.15) is 17.6 Å². The molecule has 0 unspecified atom stereocenters. The second-order valence-electron chi connectivity index (χ2n) is 7.98. The third-order valence-electron chi connectivity index (χ3n) is 5.68. The summed E-state index contributed by atoms with van der Waals surface area (Å²) in [7, 11) is 0. The maximum Gasteiger partial charge on any atom is 0.350 e. The van der Waals surface area contributed by atoms with Crippen LogP contribution in [0.5, 0.6) is 5.75 Å². The molecule has 35 heavy (non-hydrogen) atoms. The molecule has 0 amide bonds. The number of nitrogens with two attached hydrogens (primary N) is 1. The number of nitrogen functional groups attached to an aromatic ring is 1. The van der Waals surface area contributed by atoms with E-state index in [9.17, 15) is 4.79 Å². The molecular formula is C24H24N8O3. The quantitative estimate of drug-likeness (QED) is 0.236. The van der Waals surface area contributed by atoms with Crippen LogP contribution in [0.2, 0.25) is 0 Å². The molecular weight excluding hydrogens is 448 g/mol. The largest absolute Gasteiger partial charge is 0.467 e. The highest BCUT2D eigenvalue weighted by molar-refractivity contribution is 5.95. The minimum atomic E-state index is -0.520. The summed E-state index contributed by atoms with van der Waals surface area (Å²) in [4.78, 5) is 23.9. The smallest absolute Gasteiger partial charge is 0.350 e. The maximum absolute atomic E-state index is 12.8. The summed E-state index contributed by atoms with van der Waals surface area (Å²) >= 11 is 0. The van der Waals surface area contributed by atoms with Crippen LogP contribution >= 0.6 is 0 Å². The number of hydrogen-bond donors (Lipinski definition) is 4. The Labute approximate surface area is 200 Å². The molecule has 0 saturated carbocycles. The van der Waals surface area contributed by atoms with Crippen LogP contribution < -0.4 is 21.5 Å². The molecule has 0 aliphatic carbocycles. The van der Waals surface area contributed by atoms with Crippen molar-refractivity contribution < 1.29 is 9.47 Å². The number of aryl methyl sites for hydroxylation is 1. The van der Waals surface area contributed by atoms with E-state index in [4.69, 9.17) is 20.6 Å². The molecule has 0 radical (unpaired) electrons. The second kappa shape index (κ2) is 9.39. The number of rotatable bonds is 7. The van der Waals surface area contributed by atoms with Crippen LogP contribution in [0.25, 0.3) is 5.95 Å². The summed E-state index contributed by atoms with van der Waals surface area (Å²) in [5, 5.41) is 15.6. The van der Waals surface area contributed by atoms with Crippen molar-refractivity contribution >= 4 is 11.5 Å². The van der Waals surface area contributed by atoms with Gasteiger partial charge in [-0.25, -0.2) is 14.8 Å². The fourth-order valence-electron chi connectivity index (χ4n) is 3.98. The van der Waals surface area contributed by atoms with Gasteiger partial charge in [-0.1, -0.05) is 6.92 Å². The molecule has 2 aromatic heterocycles. The zero-order valence-corrected chi connectivity index (χ0v) is 19.0. The van der Waals surface area contributed by atoms with E-state index in [1.54, 1.807) is 30.6 Å². The Morgan fingerprint density at radius 2 is 2.03 bits per heavy atom. The van der Waals surface area contributed by atoms with Crippen molar-refractivity contribution in [1.29, 1.82) is 5.41 Å². The molecule has 1 atom stereocenters. The minimum absolute atomic E-state index is 0.0127. The van der Waals surface area contributed by atoms with E-state index in [2.05, 4.69) is 32.3 Å². The number of amidine groups is 1. The van der Waals surface area contributed by atoms with Gasteiger partial charge in [0.25, 0.3) is 5.95 Å². The first-order valence-corrected chi connectivity index (χ1v) is 11.1. The predicted molar refractivity (Wildman–Crippen MR) is 129 cm³/mol. The van der Waals surface area contributed by atoms with Crippen LogP contribution in [0.3, 0.4) is 0 Å². The first kappa shape index (κ1) is 22.3. The molecule has 11 heteroatoms. The first-order valence-electron chi connectivity index (χ1n) is 11.1. The standard InChI is InChI=1S/C24H24N8O3/c1-2-14-10-16(11-17-12-34-13-35-20(14)17)19(29-18-6-4-15(5-7-18)21(25)26)22-30-24(33)32(31-22)23-27-8-3-9-28-23/h3-11,19,29H,2,12-13H2,1H3,(H3,25,26)(H,30,31,33)/t19-/m0/s1. The number of benzene rings is 2. The molecule has 0 spiro atoms. The van der Waals surface area contributed by atoms with Gasteiger partial charge in [-0.15, -0.1) is 9.78 Å². The van der Waals surface area contributed by atoms with Gasteiger partial charge in [-0.3, -0.25) is 10.4 Å². The number of fused-ring (bicyclic) bond motifs is 1. The van der Waals surface area contributed by atoms with Crippen molar-refractivity contribution in [3.8, 4) is 11.7 Å². The number of aromatic nitrogens is 5. The van der Waals surface area contributed by atoms with E-state index in [0.717, 1.165) is 39.2 Å². The fourth-order valence-corrected chi connectivity index (χ4v) is 3.98. The number of ether oxygens (including phenoxy) is 2. The Morgan fingerprint density at radius 3 is 2.74 bits per heavy atom. The van der Waals surface area contributed by atoms with Crippen LogP contribution in [-0.4, -0.2) is 37.4 Å². The molecule has 0 bridgehead atoms. The van der Waals surface area contributed by atoms with E-state index >= 15 is 0 Å². The van der Waals surface area contributed by atoms with Crippen LogP contribution in [0, 0.1) is 5.41 Å². The topological polar surface area (TPSA) is 157 Å². The average Bonchev–Trinajstić information content (AvgIpc) is 3.28. The molecule has 4 aromatic rings. The number of H-pyrrole nitrogens is 1. The van der Waals surface area contributed by atoms with Gasteiger partial charge in [0.15, 0.2) is 12.6 Å². The molecule has 1 aliphatic rings. The van der Waals surface area contributed by atoms with Gasteiger partial charge >= 0.3 is 5.69 Å². The molecule has 3 heterocycles. The van der Waals surface area contributed by atoms with E-state index < -0.39 is 11.7 Å². The monoisotopic (exact) mass is 472 g/mol. The number of aromatic amines is 1. The third-order valence-corrected chi connectivity index (χ3v) is 5.68. The van der Waals surface area contributed by atoms with Gasteiger partial charge in [-0.05, 0) is 60.0 Å². The van der Waals surface area contributed by atoms with Crippen molar-refractivity contribution in [1.82, 2.24) is 24.7 Å². The van der Waals surface area contributed by atoms with Gasteiger partial charge in [0, 0.05) is 29.2 Å². The molecule has 2 aromatic carbocycles. The van der Waals surface area contributed by atoms with Crippen molar-refractivity contribution in [3.05, 3.63) is 93.4 Å². The predicted octanol–water partition coefficient (Wildman–Crippen LogP) is 2.27. The van der Waals surface area contributed by atoms with Crippen LogP contribution in [-0.2, 0) is 17.8 Å². The number of nitrogens with zero attached hydrogens (tertiary/aromatic N) is 4. The van der Waals surface area contributed by atoms with Crippen LogP contribution in [0.15, 0.2) is 59.7 Å². The van der Waals surface area contributed by atoms with Crippen molar-refractivity contribution in [2.75, 3.05) is 12.1 Å². The minimum Gasteiger partial charge on any atom is -0.467 e. The van der Waals surface area contributed by atoms with E-state index in [0.29, 0.717) is 18.0 Å². The zero-order valence-electron chi connectivity index (χ0n) is 19.0. The summed E-state index contributed by atoms with van der Waals surface area (Å²) in [6, 6.07) is 12.3. The summed E-state index contributed by atoms with van der Waals surface area (Å²) < 4.78 is 12.4. The molecule has 11 nitrogen and oxygen atoms in total. The fraction of sp³-hybridized carbons (Fsp3) is 0.208. The average molecular weight is 473 g/mol. The van der Waals surface area contributed by atoms with Gasteiger partial charge in [0.05, 0.1) is 6.61 Å². The molecule has 5 rings (SSSR count). The Balaban J connectivity index is 1.60. The SMILES string of the molecule is CCc1cc([C@H](Nc2ccc(C(=N)N)cc2)c2nn(-c3ncccn3)c(=O)[nH]2)cc2c1OCOC2. The second-order valence-corrected chi connectivity index (χ2v) is 7.98. The van der Waals surface area contributed by atoms with Gasteiger partial charge in [0.2, 0.25) is 0 Å². The van der Waals surface area contributed by atoms with Gasteiger partial charge < -0.3 is 20.5 Å². The zero-order chi connectivity index (χ0) is 24.4. The summed E-state index contributed by atoms with van der Waals surface area (Å²) in [5.41, 5.74) is 9.35. The normalized spacial score (nSPS) is 13.5. The molecule has 5 N–H and O–H groups in total. The van der Waals surface area contributed by atoms with Crippen LogP contribution in [0.1, 0.15) is 41.0 Å². The van der Waals surface area contributed by atoms with Crippen molar-refractivity contribution in [2.45, 2.75) is 26.0 Å². The maximum atomic E-state index is 12.8. The Kier molecular flexibility index (Phi) is 5.98. The van der Waals surface area contributed by atoms with E-state index in [1.807, 2.05) is 24.3 Å². The highest BCUT2D eigenvalue weighted by Crippen LogP contribution is 2.34. The molecule has 178 valence electrons. The van der Waals surface area contributed by atoms with E-state index in [1.165, 1.54) is 0 Å². The lowest BCUT2D eigenvalue weighted by molar-refractivity contribution is -0.0170. The van der Waals surface area contributed by atoms with Crippen molar-refractivity contribution in [2.24, 2.45) is 5.73 Å². The number of hydrogen-bond acceptors (Lipinski definition) is 8. The number of nitrogens with one attached hydrogen (secondary N) is 3. The molecule has 0 fully saturated rings. The van der Waals surface area contributed by atoms with Gasteiger partial charge in [-0.2, -0.15) is 0 Å². The Morgan fingerprint density at radius 1 is 1.26 bits per heavy atom. The first-order chi connectivity index (χ1) is 17.0. The lowest BCUT2D eigenvalue weighted by Crippen LogP contribution is -2.18. The van der Waals surface area contributed by atoms with Crippen molar-refractivity contribution in [3.63, 3.8) is 0 Å². The lowest BCUT2D eigenvalue weighted by atomic mass is 9.97. The summed E-state index contributed by atoms with van der Waals surface area (Å²) in [6.45, 7) is 2.71. The summed E-state index contributed by atoms with van der Waals surface area (Å²) in [6.07, 6.45) is 3.86. The summed E-state index contributed by atoms with van der Waals surface area (Å²) in [5.74, 6) is 1.38. The number of anilines is 1.